The number of nitrogens with zero attached hydrogens (tertiary/aromatic N) is 1. The van der Waals surface area contributed by atoms with Crippen LogP contribution in [0.15, 0.2) is 24.3 Å². The van der Waals surface area contributed by atoms with Crippen molar-refractivity contribution < 1.29 is 8.78 Å². The molecular weight excluding hydrogens is 251 g/mol. The summed E-state index contributed by atoms with van der Waals surface area (Å²) in [5.74, 6) is 0. The van der Waals surface area contributed by atoms with Crippen molar-refractivity contribution in [2.75, 3.05) is 13.1 Å². The van der Waals surface area contributed by atoms with E-state index in [2.05, 4.69) is 0 Å². The van der Waals surface area contributed by atoms with Gasteiger partial charge in [0.25, 0.3) is 6.43 Å². The van der Waals surface area contributed by atoms with Gasteiger partial charge in [-0.2, -0.15) is 0 Å². The lowest BCUT2D eigenvalue weighted by molar-refractivity contribution is 0.152. The van der Waals surface area contributed by atoms with E-state index in [4.69, 9.17) is 11.2 Å². The van der Waals surface area contributed by atoms with Gasteiger partial charge in [-0.25, -0.2) is 8.78 Å². The zero-order valence-electron chi connectivity index (χ0n) is 9.33. The summed E-state index contributed by atoms with van der Waals surface area (Å²) < 4.78 is 27.6. The van der Waals surface area contributed by atoms with E-state index in [1.807, 2.05) is 18.5 Å². The summed E-state index contributed by atoms with van der Waals surface area (Å²) in [4.78, 5) is 0. The summed E-state index contributed by atoms with van der Waals surface area (Å²) in [6, 6.07) is 6.51. The maximum absolute atomic E-state index is 12.8. The number of halogens is 3. The van der Waals surface area contributed by atoms with E-state index < -0.39 is 13.9 Å². The third-order valence-corrected chi connectivity index (χ3v) is 5.40. The van der Waals surface area contributed by atoms with Crippen molar-refractivity contribution in [3.05, 3.63) is 29.8 Å². The SMILES string of the molecule is CCN(CC)[P@](Cl)c1ccccc1C(F)F. The van der Waals surface area contributed by atoms with Crippen molar-refractivity contribution in [2.24, 2.45) is 0 Å². The molecule has 0 aromatic heterocycles. The minimum atomic E-state index is -2.46. The molecule has 0 unspecified atom stereocenters. The van der Waals surface area contributed by atoms with Crippen LogP contribution < -0.4 is 5.30 Å². The summed E-state index contributed by atoms with van der Waals surface area (Å²) in [6.07, 6.45) is -2.46. The fraction of sp³-hybridized carbons (Fsp3) is 0.455. The molecule has 0 bridgehead atoms. The van der Waals surface area contributed by atoms with Crippen LogP contribution in [0.1, 0.15) is 25.8 Å². The quantitative estimate of drug-likeness (QED) is 0.723. The monoisotopic (exact) mass is 265 g/mol. The summed E-state index contributed by atoms with van der Waals surface area (Å²) in [6.45, 7) is 5.49. The van der Waals surface area contributed by atoms with Crippen LogP contribution in [0, 0.1) is 0 Å². The van der Waals surface area contributed by atoms with Crippen molar-refractivity contribution in [1.29, 1.82) is 0 Å². The molecule has 0 aliphatic heterocycles. The summed E-state index contributed by atoms with van der Waals surface area (Å²) in [7, 11) is -1.17. The molecule has 0 amide bonds. The van der Waals surface area contributed by atoms with Crippen LogP contribution in [0.4, 0.5) is 8.78 Å². The largest absolute Gasteiger partial charge is 0.267 e. The molecule has 90 valence electrons. The molecule has 16 heavy (non-hydrogen) atoms. The van der Waals surface area contributed by atoms with Crippen LogP contribution in [0.3, 0.4) is 0 Å². The lowest BCUT2D eigenvalue weighted by atomic mass is 10.2. The van der Waals surface area contributed by atoms with Crippen molar-refractivity contribution in [3.8, 4) is 0 Å². The molecular formula is C11H15ClF2NP. The highest BCUT2D eigenvalue weighted by Gasteiger charge is 2.21. The van der Waals surface area contributed by atoms with E-state index in [-0.39, 0.29) is 5.56 Å². The number of hydrogen-bond donors (Lipinski definition) is 0. The predicted octanol–water partition coefficient (Wildman–Crippen LogP) is 4.14. The lowest BCUT2D eigenvalue weighted by Gasteiger charge is -2.25. The van der Waals surface area contributed by atoms with Crippen LogP contribution in [0.2, 0.25) is 0 Å². The molecule has 1 nitrogen and oxygen atoms in total. The highest BCUT2D eigenvalue weighted by molar-refractivity contribution is 7.88. The zero-order valence-corrected chi connectivity index (χ0v) is 11.0. The Morgan fingerprint density at radius 2 is 1.81 bits per heavy atom. The Morgan fingerprint density at radius 1 is 1.25 bits per heavy atom. The molecule has 0 heterocycles. The van der Waals surface area contributed by atoms with Gasteiger partial charge in [0, 0.05) is 24.0 Å². The average Bonchev–Trinajstić information content (AvgIpc) is 2.30. The molecule has 0 aliphatic carbocycles. The molecule has 0 aliphatic rings. The Bertz CT molecular complexity index is 332. The summed E-state index contributed by atoms with van der Waals surface area (Å²) >= 11 is 6.28. The van der Waals surface area contributed by atoms with Crippen molar-refractivity contribution in [2.45, 2.75) is 20.3 Å². The second kappa shape index (κ2) is 6.48. The maximum Gasteiger partial charge on any atom is 0.264 e. The Hall–Kier alpha value is -0.240. The third kappa shape index (κ3) is 3.13. The van der Waals surface area contributed by atoms with E-state index in [0.717, 1.165) is 13.1 Å². The minimum absolute atomic E-state index is 0.0514. The maximum atomic E-state index is 12.8. The van der Waals surface area contributed by atoms with Crippen LogP contribution in [0.25, 0.3) is 0 Å². The van der Waals surface area contributed by atoms with E-state index in [1.54, 1.807) is 18.2 Å². The van der Waals surface area contributed by atoms with Gasteiger partial charge in [-0.1, -0.05) is 49.4 Å². The Morgan fingerprint density at radius 3 is 2.31 bits per heavy atom. The van der Waals surface area contributed by atoms with Crippen molar-refractivity contribution in [3.63, 3.8) is 0 Å². The Kier molecular flexibility index (Phi) is 5.60. The van der Waals surface area contributed by atoms with Crippen LogP contribution in [-0.4, -0.2) is 17.8 Å². The van der Waals surface area contributed by atoms with Gasteiger partial charge < -0.3 is 0 Å². The van der Waals surface area contributed by atoms with Crippen molar-refractivity contribution >= 4 is 24.0 Å². The van der Waals surface area contributed by atoms with Gasteiger partial charge in [0.05, 0.1) is 7.43 Å². The van der Waals surface area contributed by atoms with Crippen LogP contribution >= 0.6 is 18.7 Å². The molecule has 0 spiro atoms. The summed E-state index contributed by atoms with van der Waals surface area (Å²) in [5, 5.41) is 0.567. The first-order chi connectivity index (χ1) is 7.61. The van der Waals surface area contributed by atoms with Gasteiger partial charge in [-0.15, -0.1) is 0 Å². The first-order valence-electron chi connectivity index (χ1n) is 5.19. The molecule has 1 rings (SSSR count). The molecule has 0 saturated heterocycles. The second-order valence-corrected chi connectivity index (χ2v) is 5.79. The molecule has 0 fully saturated rings. The van der Waals surface area contributed by atoms with Crippen LogP contribution in [0.5, 0.6) is 0 Å². The van der Waals surface area contributed by atoms with E-state index in [1.165, 1.54) is 6.07 Å². The standard InChI is InChI=1S/C11H15ClF2NP/c1-3-15(4-2)16(12)10-8-6-5-7-9(10)11(13)14/h5-8,11H,3-4H2,1-2H3/t16-/m0/s1. The molecule has 5 heteroatoms. The van der Waals surface area contributed by atoms with Gasteiger partial charge in [0.15, 0.2) is 0 Å². The number of rotatable bonds is 5. The molecule has 1 aromatic rings. The van der Waals surface area contributed by atoms with Gasteiger partial charge in [-0.05, 0) is 0 Å². The molecule has 1 aromatic carbocycles. The van der Waals surface area contributed by atoms with E-state index >= 15 is 0 Å². The topological polar surface area (TPSA) is 3.24 Å². The van der Waals surface area contributed by atoms with Gasteiger partial charge >= 0.3 is 0 Å². The predicted molar refractivity (Wildman–Crippen MR) is 66.7 cm³/mol. The van der Waals surface area contributed by atoms with E-state index in [0.29, 0.717) is 5.30 Å². The Balaban J connectivity index is 3.02. The van der Waals surface area contributed by atoms with E-state index in [9.17, 15) is 8.78 Å². The lowest BCUT2D eigenvalue weighted by Crippen LogP contribution is -2.22. The average molecular weight is 266 g/mol. The highest BCUT2D eigenvalue weighted by Crippen LogP contribution is 2.45. The van der Waals surface area contributed by atoms with Gasteiger partial charge in [0.1, 0.15) is 0 Å². The number of hydrogen-bond acceptors (Lipinski definition) is 1. The van der Waals surface area contributed by atoms with Crippen molar-refractivity contribution in [1.82, 2.24) is 4.67 Å². The van der Waals surface area contributed by atoms with Gasteiger partial charge in [0.2, 0.25) is 0 Å². The molecule has 0 N–H and O–H groups in total. The first-order valence-corrected chi connectivity index (χ1v) is 7.39. The normalized spacial score (nSPS) is 13.4. The minimum Gasteiger partial charge on any atom is -0.267 e. The third-order valence-electron chi connectivity index (χ3n) is 2.35. The highest BCUT2D eigenvalue weighted by atomic mass is 35.7. The zero-order chi connectivity index (χ0) is 12.1. The number of benzene rings is 1. The molecule has 0 saturated carbocycles. The molecule has 0 radical (unpaired) electrons. The number of alkyl halides is 2. The first kappa shape index (κ1) is 13.8. The van der Waals surface area contributed by atoms with Gasteiger partial charge in [-0.3, -0.25) is 4.67 Å². The fourth-order valence-electron chi connectivity index (χ4n) is 1.46. The molecule has 1 atom stereocenters. The fourth-order valence-corrected chi connectivity index (χ4v) is 3.96. The Labute approximate surface area is 101 Å². The second-order valence-electron chi connectivity index (χ2n) is 3.26. The smallest absolute Gasteiger partial charge is 0.264 e. The van der Waals surface area contributed by atoms with Crippen LogP contribution in [-0.2, 0) is 0 Å². The summed E-state index contributed by atoms with van der Waals surface area (Å²) in [5.41, 5.74) is 0.0514.